The molecule has 2 aliphatic carbocycles. The van der Waals surface area contributed by atoms with E-state index in [0.29, 0.717) is 54.5 Å². The summed E-state index contributed by atoms with van der Waals surface area (Å²) < 4.78 is 0. The lowest BCUT2D eigenvalue weighted by Gasteiger charge is -2.08. The van der Waals surface area contributed by atoms with Crippen LogP contribution in [0.4, 0.5) is 5.95 Å². The van der Waals surface area contributed by atoms with Gasteiger partial charge in [0.05, 0.1) is 37.2 Å². The van der Waals surface area contributed by atoms with Gasteiger partial charge in [-0.15, -0.1) is 22.9 Å². The minimum atomic E-state index is -0.0846. The van der Waals surface area contributed by atoms with Crippen LogP contribution < -0.4 is 0 Å². The first-order chi connectivity index (χ1) is 22.0. The molecule has 3 aromatic heterocycles. The molecule has 2 aromatic carbocycles. The molecular formula is C34H10N10S. The van der Waals surface area contributed by atoms with Gasteiger partial charge >= 0.3 is 5.95 Å². The molecule has 0 N–H and O–H groups in total. The number of allylic oxidation sites excluding steroid dienone is 2. The molecule has 3 heterocycles. The van der Waals surface area contributed by atoms with Crippen LogP contribution in [0.2, 0.25) is 0 Å². The lowest BCUT2D eigenvalue weighted by atomic mass is 9.95. The van der Waals surface area contributed by atoms with E-state index in [-0.39, 0.29) is 23.2 Å². The van der Waals surface area contributed by atoms with Crippen molar-refractivity contribution in [2.75, 3.05) is 0 Å². The topological polar surface area (TPSA) is 136 Å². The van der Waals surface area contributed by atoms with Gasteiger partial charge in [0.2, 0.25) is 5.82 Å². The molecular weight excluding hydrogens is 581 g/mol. The monoisotopic (exact) mass is 590 g/mol. The largest absolute Gasteiger partial charge is 0.394 e. The Morgan fingerprint density at radius 2 is 1.20 bits per heavy atom. The van der Waals surface area contributed by atoms with Crippen LogP contribution in [0, 0.1) is 53.7 Å². The number of nitrogens with zero attached hydrogens (tertiary/aromatic N) is 10. The molecule has 5 aromatic rings. The highest BCUT2D eigenvalue weighted by atomic mass is 32.1. The average molecular weight is 591 g/mol. The van der Waals surface area contributed by atoms with Crippen molar-refractivity contribution >= 4 is 28.4 Å². The molecule has 0 saturated carbocycles. The molecule has 0 bridgehead atoms. The lowest BCUT2D eigenvalue weighted by Crippen LogP contribution is -1.92. The number of benzene rings is 2. The van der Waals surface area contributed by atoms with E-state index in [9.17, 15) is 15.8 Å². The molecule has 2 aliphatic rings. The van der Waals surface area contributed by atoms with Crippen LogP contribution in [-0.4, -0.2) is 19.9 Å². The quantitative estimate of drug-likeness (QED) is 0.151. The first-order valence-corrected chi connectivity index (χ1v) is 13.8. The molecule has 0 saturated heterocycles. The lowest BCUT2D eigenvalue weighted by molar-refractivity contribution is 1.12. The number of rotatable bonds is 2. The van der Waals surface area contributed by atoms with Gasteiger partial charge in [-0.1, -0.05) is 24.3 Å². The van der Waals surface area contributed by atoms with Gasteiger partial charge in [-0.2, -0.15) is 10.2 Å². The van der Waals surface area contributed by atoms with Crippen LogP contribution in [0.15, 0.2) is 72.3 Å². The summed E-state index contributed by atoms with van der Waals surface area (Å²) in [6.45, 7) is 22.9. The zero-order valence-corrected chi connectivity index (χ0v) is 23.5. The van der Waals surface area contributed by atoms with Gasteiger partial charge in [0.1, 0.15) is 11.8 Å². The molecule has 0 fully saturated rings. The third kappa shape index (κ3) is 3.89. The summed E-state index contributed by atoms with van der Waals surface area (Å²) in [5.74, 6) is 0.0315. The third-order valence-corrected chi connectivity index (χ3v) is 8.70. The zero-order chi connectivity index (χ0) is 31.2. The maximum atomic E-state index is 10.00. The van der Waals surface area contributed by atoms with E-state index in [1.807, 2.05) is 54.6 Å². The van der Waals surface area contributed by atoms with E-state index >= 15 is 0 Å². The Hall–Kier alpha value is -7.28. The van der Waals surface area contributed by atoms with Crippen molar-refractivity contribution in [2.24, 2.45) is 0 Å². The van der Waals surface area contributed by atoms with Crippen LogP contribution in [0.25, 0.3) is 70.4 Å². The van der Waals surface area contributed by atoms with E-state index in [1.165, 1.54) is 23.7 Å². The molecule has 0 atom stereocenters. The fourth-order valence-corrected chi connectivity index (χ4v) is 7.13. The summed E-state index contributed by atoms with van der Waals surface area (Å²) in [5.41, 5.74) is 7.78. The Bertz CT molecular complexity index is 2300. The van der Waals surface area contributed by atoms with Crippen molar-refractivity contribution in [3.63, 3.8) is 0 Å². The molecule has 0 spiro atoms. The highest BCUT2D eigenvalue weighted by Crippen LogP contribution is 2.61. The van der Waals surface area contributed by atoms with E-state index in [4.69, 9.17) is 19.7 Å². The predicted octanol–water partition coefficient (Wildman–Crippen LogP) is 7.45. The Morgan fingerprint density at radius 1 is 0.667 bits per heavy atom. The van der Waals surface area contributed by atoms with Crippen LogP contribution in [0.3, 0.4) is 0 Å². The number of hydrogen-bond acceptors (Lipinski definition) is 8. The second kappa shape index (κ2) is 10.2. The zero-order valence-electron chi connectivity index (χ0n) is 22.7. The Morgan fingerprint density at radius 3 is 1.69 bits per heavy atom. The molecule has 0 unspecified atom stereocenters. The highest BCUT2D eigenvalue weighted by Gasteiger charge is 2.39. The van der Waals surface area contributed by atoms with Crippen molar-refractivity contribution in [3.05, 3.63) is 133 Å². The molecule has 7 rings (SSSR count). The minimum absolute atomic E-state index is 0.00813. The summed E-state index contributed by atoms with van der Waals surface area (Å²) in [5, 5.41) is 29.3. The fraction of sp³-hybridized carbons (Fsp3) is 0. The summed E-state index contributed by atoms with van der Waals surface area (Å²) >= 11 is 1.34. The molecule has 0 radical (unpaired) electrons. The maximum Gasteiger partial charge on any atom is 0.372 e. The highest BCUT2D eigenvalue weighted by molar-refractivity contribution is 7.16. The van der Waals surface area contributed by atoms with Gasteiger partial charge in [-0.25, -0.2) is 30.2 Å². The summed E-state index contributed by atoms with van der Waals surface area (Å²) in [7, 11) is 0. The van der Waals surface area contributed by atoms with Crippen molar-refractivity contribution in [1.82, 2.24) is 19.9 Å². The van der Waals surface area contributed by atoms with Crippen molar-refractivity contribution < 1.29 is 0 Å². The van der Waals surface area contributed by atoms with Crippen LogP contribution in [0.5, 0.6) is 0 Å². The molecule has 0 aliphatic heterocycles. The van der Waals surface area contributed by atoms with E-state index in [0.717, 1.165) is 22.3 Å². The first kappa shape index (κ1) is 26.6. The first-order valence-electron chi connectivity index (χ1n) is 13.0. The van der Waals surface area contributed by atoms with E-state index in [1.54, 1.807) is 12.1 Å². The number of aromatic nitrogens is 4. The summed E-state index contributed by atoms with van der Waals surface area (Å²) in [6.07, 6.45) is 3.01. The molecule has 10 nitrogen and oxygen atoms in total. The van der Waals surface area contributed by atoms with E-state index in [2.05, 4.69) is 34.5 Å². The number of nitriles is 3. The SMILES string of the molecule is [C-]#[N+]/C(C#N)=C1/c2cc(-c3ccnc(C#N)n3)ccc2-c2c1sc1c2-c2ccc(-c3ccnc([N+]#[C-])n3)cc2/C1=C(/C#N)[N+]#[C-]. The van der Waals surface area contributed by atoms with Gasteiger partial charge in [0.15, 0.2) is 0 Å². The van der Waals surface area contributed by atoms with Crippen molar-refractivity contribution in [3.8, 4) is 63.0 Å². The maximum absolute atomic E-state index is 10.00. The standard InChI is InChI=1S/C34H10N10S/c1-38-25(14-35)28-21-12-17(23-8-10-41-27(16-37)43-23)4-6-19(21)30-31-20-7-5-18(24-9-11-42-34(40-3)44-24)13-22(20)29(26(15-36)39-2)33(31)45-32(28)30/h4-13H/b28-25-,29-26+. The minimum Gasteiger partial charge on any atom is -0.394 e. The van der Waals surface area contributed by atoms with Crippen LogP contribution in [-0.2, 0) is 0 Å². The summed E-state index contributed by atoms with van der Waals surface area (Å²) in [6, 6.07) is 20.7. The van der Waals surface area contributed by atoms with Crippen molar-refractivity contribution in [1.29, 1.82) is 15.8 Å². The van der Waals surface area contributed by atoms with Crippen molar-refractivity contribution in [2.45, 2.75) is 0 Å². The average Bonchev–Trinajstić information content (AvgIpc) is 3.72. The molecule has 11 heteroatoms. The molecule has 202 valence electrons. The van der Waals surface area contributed by atoms with Gasteiger partial charge in [-0.05, 0) is 40.5 Å². The predicted molar refractivity (Wildman–Crippen MR) is 165 cm³/mol. The Labute approximate surface area is 259 Å². The molecule has 45 heavy (non-hydrogen) atoms. The van der Waals surface area contributed by atoms with Gasteiger partial charge in [0.25, 0.3) is 11.4 Å². The Balaban J connectivity index is 1.51. The summed E-state index contributed by atoms with van der Waals surface area (Å²) in [4.78, 5) is 28.4. The van der Waals surface area contributed by atoms with Gasteiger partial charge < -0.3 is 4.85 Å². The van der Waals surface area contributed by atoms with Crippen LogP contribution in [0.1, 0.15) is 26.7 Å². The number of thiophene rings is 1. The Kier molecular flexibility index (Phi) is 6.04. The third-order valence-electron chi connectivity index (χ3n) is 7.48. The number of fused-ring (bicyclic) bond motifs is 7. The van der Waals surface area contributed by atoms with Gasteiger partial charge in [0, 0.05) is 55.4 Å². The fourth-order valence-electron chi connectivity index (χ4n) is 5.68. The van der Waals surface area contributed by atoms with Gasteiger partial charge in [-0.3, -0.25) is 0 Å². The number of hydrogen-bond donors (Lipinski definition) is 0. The second-order valence-electron chi connectivity index (χ2n) is 9.66. The second-order valence-corrected chi connectivity index (χ2v) is 10.7. The van der Waals surface area contributed by atoms with E-state index < -0.39 is 0 Å². The normalized spacial score (nSPS) is 13.7. The smallest absolute Gasteiger partial charge is 0.372 e. The molecule has 0 amide bonds. The van der Waals surface area contributed by atoms with Crippen LogP contribution >= 0.6 is 11.3 Å².